The van der Waals surface area contributed by atoms with E-state index in [1.807, 2.05) is 26.0 Å². The Morgan fingerprint density at radius 1 is 1.46 bits per heavy atom. The zero-order valence-electron chi connectivity index (χ0n) is 7.61. The molecule has 68 valence electrons. The van der Waals surface area contributed by atoms with Crippen molar-refractivity contribution in [1.82, 2.24) is 0 Å². The van der Waals surface area contributed by atoms with E-state index in [-0.39, 0.29) is 5.71 Å². The van der Waals surface area contributed by atoms with E-state index in [4.69, 9.17) is 5.21 Å². The van der Waals surface area contributed by atoms with Gasteiger partial charge in [0, 0.05) is 5.56 Å². The second-order valence-electron chi connectivity index (χ2n) is 2.92. The fourth-order valence-corrected chi connectivity index (χ4v) is 1.24. The van der Waals surface area contributed by atoms with Crippen LogP contribution in [0.2, 0.25) is 0 Å². The molecule has 0 aromatic heterocycles. The molecule has 0 unspecified atom stereocenters. The lowest BCUT2D eigenvalue weighted by Gasteiger charge is -2.03. The van der Waals surface area contributed by atoms with Crippen LogP contribution in [0.3, 0.4) is 0 Å². The van der Waals surface area contributed by atoms with E-state index >= 15 is 0 Å². The number of aryl methyl sites for hydroxylation is 2. The van der Waals surface area contributed by atoms with Crippen LogP contribution in [-0.4, -0.2) is 17.2 Å². The molecule has 0 aliphatic carbocycles. The number of hydrogen-bond donors (Lipinski definition) is 1. The molecule has 3 heteroatoms. The fraction of sp³-hybridized carbons (Fsp3) is 0.200. The molecule has 3 nitrogen and oxygen atoms in total. The first kappa shape index (κ1) is 9.45. The Labute approximate surface area is 76.7 Å². The van der Waals surface area contributed by atoms with Crippen LogP contribution in [0.25, 0.3) is 0 Å². The van der Waals surface area contributed by atoms with Crippen molar-refractivity contribution in [2.24, 2.45) is 5.16 Å². The molecule has 1 rings (SSSR count). The van der Waals surface area contributed by atoms with E-state index in [1.54, 1.807) is 6.07 Å². The van der Waals surface area contributed by atoms with Gasteiger partial charge >= 0.3 is 0 Å². The van der Waals surface area contributed by atoms with E-state index in [0.717, 1.165) is 11.1 Å². The molecule has 13 heavy (non-hydrogen) atoms. The van der Waals surface area contributed by atoms with Crippen LogP contribution < -0.4 is 0 Å². The van der Waals surface area contributed by atoms with E-state index in [0.29, 0.717) is 11.8 Å². The quantitative estimate of drug-likeness (QED) is 0.323. The molecule has 1 aromatic rings. The van der Waals surface area contributed by atoms with Crippen molar-refractivity contribution in [1.29, 1.82) is 0 Å². The van der Waals surface area contributed by atoms with Crippen LogP contribution in [0, 0.1) is 13.8 Å². The highest BCUT2D eigenvalue weighted by atomic mass is 16.4. The molecular formula is C10H11NO2. The van der Waals surface area contributed by atoms with Gasteiger partial charge in [-0.15, -0.1) is 0 Å². The van der Waals surface area contributed by atoms with Crippen molar-refractivity contribution >= 4 is 12.0 Å². The first-order valence-corrected chi connectivity index (χ1v) is 3.94. The molecule has 0 saturated carbocycles. The van der Waals surface area contributed by atoms with E-state index in [2.05, 4.69) is 5.16 Å². The number of aldehydes is 1. The predicted molar refractivity (Wildman–Crippen MR) is 50.3 cm³/mol. The van der Waals surface area contributed by atoms with Crippen LogP contribution in [0.1, 0.15) is 16.7 Å². The number of oxime groups is 1. The average molecular weight is 177 g/mol. The summed E-state index contributed by atoms with van der Waals surface area (Å²) in [7, 11) is 0. The molecule has 0 spiro atoms. The molecule has 0 heterocycles. The maximum atomic E-state index is 10.5. The third-order valence-corrected chi connectivity index (χ3v) is 1.88. The lowest BCUT2D eigenvalue weighted by molar-refractivity contribution is -0.102. The standard InChI is InChI=1S/C10H11NO2/c1-7-3-4-9(8(2)5-7)10(6-12)11-13/h3-6,13H,1-2H3. The Hall–Kier alpha value is -1.64. The Balaban J connectivity index is 3.22. The summed E-state index contributed by atoms with van der Waals surface area (Å²) in [4.78, 5) is 10.5. The minimum Gasteiger partial charge on any atom is -0.410 e. The Morgan fingerprint density at radius 3 is 2.62 bits per heavy atom. The number of rotatable bonds is 2. The van der Waals surface area contributed by atoms with Crippen molar-refractivity contribution in [3.05, 3.63) is 34.9 Å². The van der Waals surface area contributed by atoms with Gasteiger partial charge in [0.15, 0.2) is 6.29 Å². The van der Waals surface area contributed by atoms with E-state index < -0.39 is 0 Å². The SMILES string of the molecule is Cc1ccc(C(C=O)=NO)c(C)c1. The highest BCUT2D eigenvalue weighted by molar-refractivity contribution is 6.36. The van der Waals surface area contributed by atoms with Crippen LogP contribution in [0.15, 0.2) is 23.4 Å². The average Bonchev–Trinajstić information content (AvgIpc) is 2.10. The van der Waals surface area contributed by atoms with Gasteiger partial charge < -0.3 is 5.21 Å². The van der Waals surface area contributed by atoms with Crippen LogP contribution >= 0.6 is 0 Å². The van der Waals surface area contributed by atoms with Crippen molar-refractivity contribution in [3.63, 3.8) is 0 Å². The summed E-state index contributed by atoms with van der Waals surface area (Å²) in [5, 5.41) is 11.4. The summed E-state index contributed by atoms with van der Waals surface area (Å²) in [5.74, 6) is 0. The van der Waals surface area contributed by atoms with Crippen LogP contribution in [0.4, 0.5) is 0 Å². The zero-order chi connectivity index (χ0) is 9.84. The maximum Gasteiger partial charge on any atom is 0.172 e. The van der Waals surface area contributed by atoms with Crippen molar-refractivity contribution in [2.75, 3.05) is 0 Å². The van der Waals surface area contributed by atoms with Gasteiger partial charge in [0.05, 0.1) is 0 Å². The highest BCUT2D eigenvalue weighted by Gasteiger charge is 2.05. The molecule has 0 aliphatic rings. The molecule has 0 bridgehead atoms. The Kier molecular flexibility index (Phi) is 2.80. The molecule has 1 aromatic carbocycles. The minimum atomic E-state index is 0.0671. The second kappa shape index (κ2) is 3.85. The van der Waals surface area contributed by atoms with Gasteiger partial charge in [-0.25, -0.2) is 0 Å². The maximum absolute atomic E-state index is 10.5. The number of benzene rings is 1. The number of nitrogens with zero attached hydrogens (tertiary/aromatic N) is 1. The van der Waals surface area contributed by atoms with Gasteiger partial charge in [-0.2, -0.15) is 0 Å². The molecule has 0 aliphatic heterocycles. The monoisotopic (exact) mass is 177 g/mol. The summed E-state index contributed by atoms with van der Waals surface area (Å²) in [6.07, 6.45) is 0.539. The van der Waals surface area contributed by atoms with Gasteiger partial charge in [-0.1, -0.05) is 28.9 Å². The summed E-state index contributed by atoms with van der Waals surface area (Å²) in [6, 6.07) is 5.58. The third kappa shape index (κ3) is 1.93. The normalized spacial score (nSPS) is 11.4. The first-order valence-electron chi connectivity index (χ1n) is 3.94. The van der Waals surface area contributed by atoms with E-state index in [1.165, 1.54) is 0 Å². The Morgan fingerprint density at radius 2 is 2.15 bits per heavy atom. The van der Waals surface area contributed by atoms with Gasteiger partial charge in [-0.3, -0.25) is 4.79 Å². The largest absolute Gasteiger partial charge is 0.410 e. The van der Waals surface area contributed by atoms with Gasteiger partial charge in [0.1, 0.15) is 5.71 Å². The smallest absolute Gasteiger partial charge is 0.172 e. The molecule has 0 atom stereocenters. The molecule has 1 N–H and O–H groups in total. The lowest BCUT2D eigenvalue weighted by atomic mass is 10.0. The molecule has 0 fully saturated rings. The van der Waals surface area contributed by atoms with Gasteiger partial charge in [0.25, 0.3) is 0 Å². The summed E-state index contributed by atoms with van der Waals surface area (Å²) >= 11 is 0. The second-order valence-corrected chi connectivity index (χ2v) is 2.92. The minimum absolute atomic E-state index is 0.0671. The summed E-state index contributed by atoms with van der Waals surface area (Å²) < 4.78 is 0. The number of hydrogen-bond acceptors (Lipinski definition) is 3. The molecular weight excluding hydrogens is 166 g/mol. The summed E-state index contributed by atoms with van der Waals surface area (Å²) in [6.45, 7) is 3.84. The first-order chi connectivity index (χ1) is 6.19. The lowest BCUT2D eigenvalue weighted by Crippen LogP contribution is -2.04. The Bertz CT molecular complexity index is 356. The number of carbonyl (C=O) groups excluding carboxylic acids is 1. The zero-order valence-corrected chi connectivity index (χ0v) is 7.61. The third-order valence-electron chi connectivity index (χ3n) is 1.88. The topological polar surface area (TPSA) is 49.7 Å². The highest BCUT2D eigenvalue weighted by Crippen LogP contribution is 2.10. The van der Waals surface area contributed by atoms with Gasteiger partial charge in [-0.05, 0) is 19.4 Å². The van der Waals surface area contributed by atoms with Crippen molar-refractivity contribution < 1.29 is 10.0 Å². The van der Waals surface area contributed by atoms with Crippen molar-refractivity contribution in [2.45, 2.75) is 13.8 Å². The van der Waals surface area contributed by atoms with Crippen LogP contribution in [0.5, 0.6) is 0 Å². The summed E-state index contributed by atoms with van der Waals surface area (Å²) in [5.41, 5.74) is 2.78. The van der Waals surface area contributed by atoms with Gasteiger partial charge in [0.2, 0.25) is 0 Å². The number of carbonyl (C=O) groups is 1. The van der Waals surface area contributed by atoms with E-state index in [9.17, 15) is 4.79 Å². The van der Waals surface area contributed by atoms with Crippen molar-refractivity contribution in [3.8, 4) is 0 Å². The molecule has 0 saturated heterocycles. The molecule has 0 amide bonds. The fourth-order valence-electron chi connectivity index (χ4n) is 1.24. The predicted octanol–water partition coefficient (Wildman–Crippen LogP) is 1.68. The van der Waals surface area contributed by atoms with Crippen LogP contribution in [-0.2, 0) is 4.79 Å². The molecule has 0 radical (unpaired) electrons.